The quantitative estimate of drug-likeness (QED) is 0.774. The Morgan fingerprint density at radius 2 is 1.68 bits per heavy atom. The van der Waals surface area contributed by atoms with Gasteiger partial charge in [0.05, 0.1) is 0 Å². The van der Waals surface area contributed by atoms with E-state index in [0.29, 0.717) is 13.0 Å². The molecule has 0 radical (unpaired) electrons. The van der Waals surface area contributed by atoms with E-state index in [0.717, 1.165) is 6.42 Å². The van der Waals surface area contributed by atoms with Crippen molar-refractivity contribution in [3.05, 3.63) is 0 Å². The molecule has 0 fully saturated rings. The predicted octanol–water partition coefficient (Wildman–Crippen LogP) is 3.02. The lowest BCUT2D eigenvalue weighted by atomic mass is 9.84. The lowest BCUT2D eigenvalue weighted by molar-refractivity contribution is -0.145. The number of carbonyl (C=O) groups is 2. The van der Waals surface area contributed by atoms with Gasteiger partial charge in [-0.15, -0.1) is 0 Å². The van der Waals surface area contributed by atoms with Crippen LogP contribution in [0.2, 0.25) is 0 Å². The number of rotatable bonds is 7. The Hall–Kier alpha value is -1.06. The molecule has 0 heterocycles. The van der Waals surface area contributed by atoms with Gasteiger partial charge >= 0.3 is 5.97 Å². The highest BCUT2D eigenvalue weighted by molar-refractivity contribution is 5.81. The predicted molar refractivity (Wildman–Crippen MR) is 76.9 cm³/mol. The van der Waals surface area contributed by atoms with Crippen LogP contribution in [0, 0.1) is 17.3 Å². The van der Waals surface area contributed by atoms with Crippen LogP contribution in [-0.2, 0) is 9.59 Å². The fraction of sp³-hybridized carbons (Fsp3) is 0.867. The van der Waals surface area contributed by atoms with E-state index in [-0.39, 0.29) is 29.7 Å². The highest BCUT2D eigenvalue weighted by Gasteiger charge is 2.22. The molecule has 112 valence electrons. The van der Waals surface area contributed by atoms with Gasteiger partial charge in [-0.3, -0.25) is 9.59 Å². The average molecular weight is 271 g/mol. The zero-order valence-electron chi connectivity index (χ0n) is 13.2. The summed E-state index contributed by atoms with van der Waals surface area (Å²) in [5.41, 5.74) is 0.190. The minimum absolute atomic E-state index is 0.0483. The van der Waals surface area contributed by atoms with Crippen molar-refractivity contribution in [1.29, 1.82) is 0 Å². The van der Waals surface area contributed by atoms with Crippen LogP contribution in [0.25, 0.3) is 0 Å². The maximum absolute atomic E-state index is 12.2. The Morgan fingerprint density at radius 3 is 2.05 bits per heavy atom. The van der Waals surface area contributed by atoms with Gasteiger partial charge in [-0.05, 0) is 23.7 Å². The summed E-state index contributed by atoms with van der Waals surface area (Å²) in [6, 6.07) is 0. The molecule has 0 aliphatic rings. The van der Waals surface area contributed by atoms with Crippen molar-refractivity contribution in [2.24, 2.45) is 17.3 Å². The number of hydrogen-bond donors (Lipinski definition) is 1. The molecule has 1 N–H and O–H groups in total. The number of carbonyl (C=O) groups excluding carboxylic acids is 1. The van der Waals surface area contributed by atoms with Crippen molar-refractivity contribution in [3.63, 3.8) is 0 Å². The average Bonchev–Trinajstić information content (AvgIpc) is 2.11. The Balaban J connectivity index is 4.50. The van der Waals surface area contributed by atoms with E-state index in [9.17, 15) is 9.59 Å². The first-order chi connectivity index (χ1) is 8.51. The van der Waals surface area contributed by atoms with Gasteiger partial charge in [0.1, 0.15) is 6.54 Å². The first kappa shape index (κ1) is 17.9. The van der Waals surface area contributed by atoms with Crippen molar-refractivity contribution in [2.75, 3.05) is 13.1 Å². The van der Waals surface area contributed by atoms with Crippen molar-refractivity contribution in [3.8, 4) is 0 Å². The molecule has 1 atom stereocenters. The Kier molecular flexibility index (Phi) is 7.09. The molecule has 0 saturated heterocycles. The van der Waals surface area contributed by atoms with Crippen LogP contribution in [0.1, 0.15) is 54.4 Å². The zero-order valence-corrected chi connectivity index (χ0v) is 13.2. The van der Waals surface area contributed by atoms with Crippen molar-refractivity contribution in [2.45, 2.75) is 54.4 Å². The standard InChI is InChI=1S/C15H29NO3/c1-11(2)9-16(10-14(18)19)13(17)7-12(3)8-15(4,5)6/h11-12H,7-10H2,1-6H3,(H,18,19). The molecule has 0 aromatic heterocycles. The Bertz CT molecular complexity index is 305. The van der Waals surface area contributed by atoms with Gasteiger partial charge in [0, 0.05) is 13.0 Å². The third-order valence-corrected chi connectivity index (χ3v) is 2.75. The summed E-state index contributed by atoms with van der Waals surface area (Å²) >= 11 is 0. The van der Waals surface area contributed by atoms with Crippen LogP contribution in [-0.4, -0.2) is 35.0 Å². The Morgan fingerprint density at radius 1 is 1.16 bits per heavy atom. The summed E-state index contributed by atoms with van der Waals surface area (Å²) in [5, 5.41) is 8.87. The molecule has 0 aromatic carbocycles. The maximum Gasteiger partial charge on any atom is 0.323 e. The SMILES string of the molecule is CC(C)CN(CC(=O)O)C(=O)CC(C)CC(C)(C)C. The summed E-state index contributed by atoms with van der Waals surface area (Å²) in [4.78, 5) is 24.5. The van der Waals surface area contributed by atoms with Crippen LogP contribution in [0.5, 0.6) is 0 Å². The van der Waals surface area contributed by atoms with Gasteiger partial charge in [0.25, 0.3) is 0 Å². The third-order valence-electron chi connectivity index (χ3n) is 2.75. The third kappa shape index (κ3) is 9.51. The molecule has 19 heavy (non-hydrogen) atoms. The molecular weight excluding hydrogens is 242 g/mol. The summed E-state index contributed by atoms with van der Waals surface area (Å²) in [6.07, 6.45) is 1.39. The molecule has 0 bridgehead atoms. The lowest BCUT2D eigenvalue weighted by Crippen LogP contribution is -2.39. The van der Waals surface area contributed by atoms with Crippen molar-refractivity contribution >= 4 is 11.9 Å². The van der Waals surface area contributed by atoms with Crippen LogP contribution in [0.3, 0.4) is 0 Å². The molecule has 0 saturated carbocycles. The normalized spacial score (nSPS) is 13.4. The van der Waals surface area contributed by atoms with E-state index in [1.54, 1.807) is 0 Å². The van der Waals surface area contributed by atoms with E-state index >= 15 is 0 Å². The van der Waals surface area contributed by atoms with E-state index in [2.05, 4.69) is 27.7 Å². The minimum Gasteiger partial charge on any atom is -0.480 e. The summed E-state index contributed by atoms with van der Waals surface area (Å²) in [5.74, 6) is -0.442. The molecule has 0 aliphatic carbocycles. The van der Waals surface area contributed by atoms with Gasteiger partial charge < -0.3 is 10.0 Å². The lowest BCUT2D eigenvalue weighted by Gasteiger charge is -2.27. The van der Waals surface area contributed by atoms with E-state index in [1.807, 2.05) is 13.8 Å². The number of amides is 1. The molecule has 0 rings (SSSR count). The monoisotopic (exact) mass is 271 g/mol. The van der Waals surface area contributed by atoms with Crippen molar-refractivity contribution < 1.29 is 14.7 Å². The molecule has 4 heteroatoms. The van der Waals surface area contributed by atoms with Gasteiger partial charge in [0.15, 0.2) is 0 Å². The number of nitrogens with zero attached hydrogens (tertiary/aromatic N) is 1. The van der Waals surface area contributed by atoms with Crippen LogP contribution in [0.4, 0.5) is 0 Å². The topological polar surface area (TPSA) is 57.6 Å². The first-order valence-corrected chi connectivity index (χ1v) is 7.01. The zero-order chi connectivity index (χ0) is 15.2. The molecule has 1 amide bonds. The fourth-order valence-electron chi connectivity index (χ4n) is 2.40. The minimum atomic E-state index is -0.947. The van der Waals surface area contributed by atoms with Gasteiger partial charge in [0.2, 0.25) is 5.91 Å². The Labute approximate surface area is 117 Å². The summed E-state index contributed by atoms with van der Waals surface area (Å²) in [7, 11) is 0. The van der Waals surface area contributed by atoms with E-state index < -0.39 is 5.97 Å². The number of aliphatic carboxylic acids is 1. The van der Waals surface area contributed by atoms with Crippen LogP contribution in [0.15, 0.2) is 0 Å². The van der Waals surface area contributed by atoms with Crippen LogP contribution >= 0.6 is 0 Å². The van der Waals surface area contributed by atoms with Gasteiger partial charge in [-0.1, -0.05) is 41.5 Å². The second-order valence-electron chi connectivity index (χ2n) is 7.14. The van der Waals surface area contributed by atoms with Gasteiger partial charge in [-0.25, -0.2) is 0 Å². The fourth-order valence-corrected chi connectivity index (χ4v) is 2.40. The molecule has 4 nitrogen and oxygen atoms in total. The summed E-state index contributed by atoms with van der Waals surface area (Å²) < 4.78 is 0. The van der Waals surface area contributed by atoms with Crippen LogP contribution < -0.4 is 0 Å². The van der Waals surface area contributed by atoms with Crippen molar-refractivity contribution in [1.82, 2.24) is 4.90 Å². The number of carboxylic acids is 1. The first-order valence-electron chi connectivity index (χ1n) is 7.01. The number of hydrogen-bond acceptors (Lipinski definition) is 2. The molecule has 0 spiro atoms. The second kappa shape index (κ2) is 7.51. The number of carboxylic acid groups (broad SMARTS) is 1. The maximum atomic E-state index is 12.2. The van der Waals surface area contributed by atoms with E-state index in [1.165, 1.54) is 4.90 Å². The largest absolute Gasteiger partial charge is 0.480 e. The molecular formula is C15H29NO3. The van der Waals surface area contributed by atoms with Gasteiger partial charge in [-0.2, -0.15) is 0 Å². The molecule has 0 aliphatic heterocycles. The molecule has 0 aromatic rings. The smallest absolute Gasteiger partial charge is 0.323 e. The molecule has 1 unspecified atom stereocenters. The summed E-state index contributed by atoms with van der Waals surface area (Å²) in [6.45, 7) is 12.8. The second-order valence-corrected chi connectivity index (χ2v) is 7.14. The highest BCUT2D eigenvalue weighted by Crippen LogP contribution is 2.26. The van der Waals surface area contributed by atoms with E-state index in [4.69, 9.17) is 5.11 Å². The highest BCUT2D eigenvalue weighted by atomic mass is 16.4.